The van der Waals surface area contributed by atoms with Gasteiger partial charge in [-0.25, -0.2) is 4.39 Å². The normalized spacial score (nSPS) is 16.3. The smallest absolute Gasteiger partial charge is 0.193 e. The lowest BCUT2D eigenvalue weighted by atomic mass is 9.88. The molecule has 2 aromatic carbocycles. The standard InChI is InChI=1S/C19H20FNO.ClH/c1-21(2)10-9-14-11-13-5-3-4-6-16(13)19(22)17-8-7-15(20)12-18(14)17;/h3-8,12,14H,9-11H2,1-2H3;1H. The molecule has 0 heterocycles. The van der Waals surface area contributed by atoms with Crippen molar-refractivity contribution in [1.29, 1.82) is 0 Å². The molecule has 3 rings (SSSR count). The van der Waals surface area contributed by atoms with Gasteiger partial charge in [-0.05, 0) is 68.7 Å². The Balaban J connectivity index is 0.00000192. The van der Waals surface area contributed by atoms with Crippen molar-refractivity contribution in [3.05, 3.63) is 70.5 Å². The van der Waals surface area contributed by atoms with Gasteiger partial charge in [-0.15, -0.1) is 12.4 Å². The van der Waals surface area contributed by atoms with Gasteiger partial charge in [-0.3, -0.25) is 4.79 Å². The highest BCUT2D eigenvalue weighted by Gasteiger charge is 2.27. The van der Waals surface area contributed by atoms with E-state index in [9.17, 15) is 9.18 Å². The average Bonchev–Trinajstić information content (AvgIpc) is 2.61. The van der Waals surface area contributed by atoms with Crippen LogP contribution in [0.4, 0.5) is 4.39 Å². The van der Waals surface area contributed by atoms with Gasteiger partial charge in [0, 0.05) is 11.1 Å². The first kappa shape index (κ1) is 17.6. The van der Waals surface area contributed by atoms with Crippen molar-refractivity contribution in [3.63, 3.8) is 0 Å². The van der Waals surface area contributed by atoms with Crippen LogP contribution in [0, 0.1) is 5.82 Å². The van der Waals surface area contributed by atoms with Crippen molar-refractivity contribution in [2.24, 2.45) is 0 Å². The van der Waals surface area contributed by atoms with E-state index in [1.165, 1.54) is 6.07 Å². The van der Waals surface area contributed by atoms with E-state index in [1.807, 2.05) is 38.4 Å². The highest BCUT2D eigenvalue weighted by molar-refractivity contribution is 6.11. The second-order valence-corrected chi connectivity index (χ2v) is 6.21. The maximum absolute atomic E-state index is 13.7. The molecule has 0 spiro atoms. The molecule has 0 amide bonds. The summed E-state index contributed by atoms with van der Waals surface area (Å²) in [6.45, 7) is 0.914. The quantitative estimate of drug-likeness (QED) is 0.844. The molecular formula is C19H21ClFNO. The molecule has 1 atom stereocenters. The molecule has 0 bridgehead atoms. The second kappa shape index (κ2) is 7.24. The van der Waals surface area contributed by atoms with Crippen molar-refractivity contribution in [2.75, 3.05) is 20.6 Å². The predicted molar refractivity (Wildman–Crippen MR) is 93.1 cm³/mol. The zero-order chi connectivity index (χ0) is 15.7. The monoisotopic (exact) mass is 333 g/mol. The molecule has 1 unspecified atom stereocenters. The third-order valence-electron chi connectivity index (χ3n) is 4.35. The molecule has 2 nitrogen and oxygen atoms in total. The van der Waals surface area contributed by atoms with E-state index >= 15 is 0 Å². The van der Waals surface area contributed by atoms with Crippen molar-refractivity contribution in [3.8, 4) is 0 Å². The first-order valence-electron chi connectivity index (χ1n) is 7.63. The Morgan fingerprint density at radius 1 is 1.13 bits per heavy atom. The van der Waals surface area contributed by atoms with E-state index in [2.05, 4.69) is 4.90 Å². The van der Waals surface area contributed by atoms with Crippen LogP contribution >= 0.6 is 12.4 Å². The number of hydrogen-bond acceptors (Lipinski definition) is 2. The van der Waals surface area contributed by atoms with E-state index in [0.717, 1.165) is 36.1 Å². The average molecular weight is 334 g/mol. The lowest BCUT2D eigenvalue weighted by Crippen LogP contribution is -2.17. The maximum Gasteiger partial charge on any atom is 0.193 e. The zero-order valence-electron chi connectivity index (χ0n) is 13.4. The zero-order valence-corrected chi connectivity index (χ0v) is 14.2. The summed E-state index contributed by atoms with van der Waals surface area (Å²) in [5.74, 6) is -0.0917. The van der Waals surface area contributed by atoms with Gasteiger partial charge in [0.25, 0.3) is 0 Å². The minimum atomic E-state index is -0.271. The summed E-state index contributed by atoms with van der Waals surface area (Å²) in [6, 6.07) is 12.3. The molecule has 2 aromatic rings. The van der Waals surface area contributed by atoms with Crippen LogP contribution in [0.1, 0.15) is 39.4 Å². The molecule has 1 aliphatic carbocycles. The van der Waals surface area contributed by atoms with Crippen molar-refractivity contribution >= 4 is 18.2 Å². The number of benzene rings is 2. The highest BCUT2D eigenvalue weighted by Crippen LogP contribution is 2.34. The molecule has 4 heteroatoms. The Morgan fingerprint density at radius 2 is 1.87 bits per heavy atom. The fourth-order valence-electron chi connectivity index (χ4n) is 3.19. The van der Waals surface area contributed by atoms with Gasteiger partial charge in [-0.2, -0.15) is 0 Å². The fourth-order valence-corrected chi connectivity index (χ4v) is 3.19. The van der Waals surface area contributed by atoms with E-state index < -0.39 is 0 Å². The summed E-state index contributed by atoms with van der Waals surface area (Å²) in [7, 11) is 4.06. The van der Waals surface area contributed by atoms with Gasteiger partial charge in [0.1, 0.15) is 5.82 Å². The molecule has 0 N–H and O–H groups in total. The number of nitrogens with zero attached hydrogens (tertiary/aromatic N) is 1. The fraction of sp³-hybridized carbons (Fsp3) is 0.316. The van der Waals surface area contributed by atoms with Crippen LogP contribution in [0.5, 0.6) is 0 Å². The van der Waals surface area contributed by atoms with E-state index in [0.29, 0.717) is 5.56 Å². The van der Waals surface area contributed by atoms with Crippen molar-refractivity contribution in [1.82, 2.24) is 4.90 Å². The summed E-state index contributed by atoms with van der Waals surface area (Å²) in [5.41, 5.74) is 3.31. The number of rotatable bonds is 3. The number of halogens is 2. The van der Waals surface area contributed by atoms with Gasteiger partial charge < -0.3 is 4.90 Å². The molecular weight excluding hydrogens is 313 g/mol. The first-order valence-corrected chi connectivity index (χ1v) is 7.63. The molecule has 0 radical (unpaired) electrons. The molecule has 0 aromatic heterocycles. The lowest BCUT2D eigenvalue weighted by Gasteiger charge is -2.20. The minimum absolute atomic E-state index is 0. The van der Waals surface area contributed by atoms with Crippen LogP contribution in [0.15, 0.2) is 42.5 Å². The van der Waals surface area contributed by atoms with Crippen LogP contribution < -0.4 is 0 Å². The molecule has 0 saturated heterocycles. The van der Waals surface area contributed by atoms with E-state index in [-0.39, 0.29) is 29.9 Å². The highest BCUT2D eigenvalue weighted by atomic mass is 35.5. The van der Waals surface area contributed by atoms with Crippen LogP contribution in [-0.4, -0.2) is 31.3 Å². The molecule has 0 saturated carbocycles. The SMILES string of the molecule is CN(C)CCC1Cc2ccccc2C(=O)c2ccc(F)cc21.Cl. The maximum atomic E-state index is 13.7. The molecule has 0 fully saturated rings. The Morgan fingerprint density at radius 3 is 2.61 bits per heavy atom. The second-order valence-electron chi connectivity index (χ2n) is 6.21. The topological polar surface area (TPSA) is 20.3 Å². The van der Waals surface area contributed by atoms with Gasteiger partial charge in [0.05, 0.1) is 0 Å². The summed E-state index contributed by atoms with van der Waals surface area (Å²) in [4.78, 5) is 14.9. The summed E-state index contributed by atoms with van der Waals surface area (Å²) in [5, 5.41) is 0. The van der Waals surface area contributed by atoms with Crippen LogP contribution in [0.2, 0.25) is 0 Å². The number of carbonyl (C=O) groups excluding carboxylic acids is 1. The lowest BCUT2D eigenvalue weighted by molar-refractivity contribution is 0.103. The first-order chi connectivity index (χ1) is 10.6. The Hall–Kier alpha value is -1.71. The number of ketones is 1. The van der Waals surface area contributed by atoms with Gasteiger partial charge in [0.2, 0.25) is 0 Å². The Kier molecular flexibility index (Phi) is 5.55. The number of carbonyl (C=O) groups is 1. The Bertz CT molecular complexity index is 714. The van der Waals surface area contributed by atoms with Gasteiger partial charge in [-0.1, -0.05) is 24.3 Å². The molecule has 23 heavy (non-hydrogen) atoms. The molecule has 1 aliphatic rings. The number of fused-ring (bicyclic) bond motifs is 2. The van der Waals surface area contributed by atoms with E-state index in [4.69, 9.17) is 0 Å². The van der Waals surface area contributed by atoms with Crippen LogP contribution in [-0.2, 0) is 6.42 Å². The molecule has 122 valence electrons. The number of hydrogen-bond donors (Lipinski definition) is 0. The Labute approximate surface area is 142 Å². The van der Waals surface area contributed by atoms with Gasteiger partial charge >= 0.3 is 0 Å². The van der Waals surface area contributed by atoms with E-state index in [1.54, 1.807) is 12.1 Å². The third kappa shape index (κ3) is 3.62. The van der Waals surface area contributed by atoms with Gasteiger partial charge in [0.15, 0.2) is 5.78 Å². The minimum Gasteiger partial charge on any atom is -0.309 e. The van der Waals surface area contributed by atoms with Crippen LogP contribution in [0.25, 0.3) is 0 Å². The third-order valence-corrected chi connectivity index (χ3v) is 4.35. The van der Waals surface area contributed by atoms with Crippen molar-refractivity contribution in [2.45, 2.75) is 18.8 Å². The summed E-state index contributed by atoms with van der Waals surface area (Å²) < 4.78 is 13.7. The molecule has 0 aliphatic heterocycles. The predicted octanol–water partition coefficient (Wildman–Crippen LogP) is 4.07. The van der Waals surface area contributed by atoms with Crippen LogP contribution in [0.3, 0.4) is 0 Å². The van der Waals surface area contributed by atoms with Crippen molar-refractivity contribution < 1.29 is 9.18 Å². The summed E-state index contributed by atoms with van der Waals surface area (Å²) >= 11 is 0. The summed E-state index contributed by atoms with van der Waals surface area (Å²) in [6.07, 6.45) is 1.69. The largest absolute Gasteiger partial charge is 0.309 e.